The van der Waals surface area contributed by atoms with Crippen LogP contribution < -0.4 is 10.1 Å². The van der Waals surface area contributed by atoms with Crippen molar-refractivity contribution in [1.29, 1.82) is 0 Å². The Morgan fingerprint density at radius 2 is 2.00 bits per heavy atom. The van der Waals surface area contributed by atoms with Crippen molar-refractivity contribution in [3.05, 3.63) is 69.8 Å². The third-order valence-electron chi connectivity index (χ3n) is 3.39. The van der Waals surface area contributed by atoms with E-state index in [0.717, 1.165) is 11.1 Å². The van der Waals surface area contributed by atoms with Gasteiger partial charge in [0.15, 0.2) is 5.17 Å². The molecule has 26 heavy (non-hydrogen) atoms. The Morgan fingerprint density at radius 3 is 2.69 bits per heavy atom. The molecule has 0 bridgehead atoms. The van der Waals surface area contributed by atoms with E-state index >= 15 is 0 Å². The smallest absolute Gasteiger partial charge is 0.269 e. The topological polar surface area (TPSA) is 106 Å². The summed E-state index contributed by atoms with van der Waals surface area (Å²) in [5.74, 6) is 0.872. The molecule has 0 saturated carbocycles. The standard InChI is InChI=1S/C17H14N4O4S/c22-16-11-26-17(19-16)20-18-9-13-3-1-2-4-15(13)25-10-12-5-7-14(8-6-12)21(23)24/h1-9H,10-11H2,(H,19,20,22). The number of non-ortho nitro benzene ring substituents is 1. The Bertz CT molecular complexity index is 881. The lowest BCUT2D eigenvalue weighted by atomic mass is 10.2. The zero-order valence-corrected chi connectivity index (χ0v) is 14.3. The molecule has 1 aliphatic heterocycles. The minimum Gasteiger partial charge on any atom is -0.488 e. The average molecular weight is 370 g/mol. The van der Waals surface area contributed by atoms with Crippen LogP contribution in [0.25, 0.3) is 0 Å². The SMILES string of the molecule is O=C1CSC(=NN=Cc2ccccc2OCc2ccc([N+](=O)[O-])cc2)N1. The first-order valence-electron chi connectivity index (χ1n) is 7.60. The van der Waals surface area contributed by atoms with Crippen molar-refractivity contribution in [2.45, 2.75) is 6.61 Å². The Kier molecular flexibility index (Phi) is 5.59. The van der Waals surface area contributed by atoms with Crippen LogP contribution in [0.15, 0.2) is 58.7 Å². The van der Waals surface area contributed by atoms with Gasteiger partial charge in [0, 0.05) is 17.7 Å². The van der Waals surface area contributed by atoms with Crippen molar-refractivity contribution in [2.75, 3.05) is 5.75 Å². The van der Waals surface area contributed by atoms with Gasteiger partial charge in [-0.2, -0.15) is 5.10 Å². The Morgan fingerprint density at radius 1 is 1.23 bits per heavy atom. The van der Waals surface area contributed by atoms with Crippen molar-refractivity contribution < 1.29 is 14.5 Å². The quantitative estimate of drug-likeness (QED) is 0.478. The number of carbonyl (C=O) groups excluding carboxylic acids is 1. The second-order valence-corrected chi connectivity index (χ2v) is 6.20. The fourth-order valence-electron chi connectivity index (χ4n) is 2.12. The summed E-state index contributed by atoms with van der Waals surface area (Å²) in [5.41, 5.74) is 1.58. The number of nitro benzene ring substituents is 1. The molecule has 2 aromatic carbocycles. The van der Waals surface area contributed by atoms with E-state index in [0.29, 0.717) is 16.7 Å². The van der Waals surface area contributed by atoms with Gasteiger partial charge >= 0.3 is 0 Å². The lowest BCUT2D eigenvalue weighted by Gasteiger charge is -2.08. The number of ether oxygens (including phenoxy) is 1. The number of hydrogen-bond donors (Lipinski definition) is 1. The van der Waals surface area contributed by atoms with Gasteiger partial charge < -0.3 is 10.1 Å². The van der Waals surface area contributed by atoms with Gasteiger partial charge in [-0.25, -0.2) is 0 Å². The van der Waals surface area contributed by atoms with Gasteiger partial charge in [-0.1, -0.05) is 23.9 Å². The van der Waals surface area contributed by atoms with Crippen LogP contribution in [0.3, 0.4) is 0 Å². The van der Waals surface area contributed by atoms with Crippen molar-refractivity contribution in [3.63, 3.8) is 0 Å². The monoisotopic (exact) mass is 370 g/mol. The first-order chi connectivity index (χ1) is 12.6. The van der Waals surface area contributed by atoms with Crippen molar-refractivity contribution in [1.82, 2.24) is 5.32 Å². The molecule has 2 aromatic rings. The van der Waals surface area contributed by atoms with Gasteiger partial charge in [-0.3, -0.25) is 14.9 Å². The van der Waals surface area contributed by atoms with Gasteiger partial charge in [0.05, 0.1) is 16.9 Å². The molecule has 9 heteroatoms. The molecule has 0 aliphatic carbocycles. The number of amides is 1. The third kappa shape index (κ3) is 4.67. The average Bonchev–Trinajstić information content (AvgIpc) is 3.06. The van der Waals surface area contributed by atoms with E-state index in [9.17, 15) is 14.9 Å². The maximum Gasteiger partial charge on any atom is 0.269 e. The number of hydrogen-bond acceptors (Lipinski definition) is 7. The van der Waals surface area contributed by atoms with E-state index in [1.807, 2.05) is 18.2 Å². The van der Waals surface area contributed by atoms with Crippen molar-refractivity contribution in [2.24, 2.45) is 10.2 Å². The summed E-state index contributed by atoms with van der Waals surface area (Å²) in [6, 6.07) is 13.5. The van der Waals surface area contributed by atoms with Crippen LogP contribution in [0, 0.1) is 10.1 Å². The molecule has 8 nitrogen and oxygen atoms in total. The normalized spacial score (nSPS) is 15.4. The maximum absolute atomic E-state index is 11.1. The van der Waals surface area contributed by atoms with E-state index in [-0.39, 0.29) is 18.2 Å². The first-order valence-corrected chi connectivity index (χ1v) is 8.59. The van der Waals surface area contributed by atoms with Crippen LogP contribution in [-0.4, -0.2) is 28.0 Å². The highest BCUT2D eigenvalue weighted by Gasteiger charge is 2.16. The number of para-hydroxylation sites is 1. The molecule has 0 spiro atoms. The molecule has 1 heterocycles. The van der Waals surface area contributed by atoms with E-state index in [4.69, 9.17) is 4.74 Å². The van der Waals surface area contributed by atoms with Crippen LogP contribution >= 0.6 is 11.8 Å². The second-order valence-electron chi connectivity index (χ2n) is 5.24. The van der Waals surface area contributed by atoms with Gasteiger partial charge in [-0.05, 0) is 29.8 Å². The lowest BCUT2D eigenvalue weighted by Crippen LogP contribution is -2.19. The molecule has 0 atom stereocenters. The zero-order valence-electron chi connectivity index (χ0n) is 13.5. The number of nitrogens with zero attached hydrogens (tertiary/aromatic N) is 3. The molecule has 1 N–H and O–H groups in total. The molecule has 132 valence electrons. The number of nitrogens with one attached hydrogen (secondary N) is 1. The summed E-state index contributed by atoms with van der Waals surface area (Å²) >= 11 is 1.30. The van der Waals surface area contributed by atoms with Crippen molar-refractivity contribution >= 4 is 34.7 Å². The maximum atomic E-state index is 11.1. The summed E-state index contributed by atoms with van der Waals surface area (Å²) in [4.78, 5) is 21.3. The molecular weight excluding hydrogens is 356 g/mol. The molecule has 1 aliphatic rings. The van der Waals surface area contributed by atoms with E-state index in [1.54, 1.807) is 24.4 Å². The molecule has 0 unspecified atom stereocenters. The first kappa shape index (κ1) is 17.6. The summed E-state index contributed by atoms with van der Waals surface area (Å²) in [7, 11) is 0. The number of rotatable bonds is 6. The van der Waals surface area contributed by atoms with E-state index < -0.39 is 4.92 Å². The predicted molar refractivity (Wildman–Crippen MR) is 99.5 cm³/mol. The number of carbonyl (C=O) groups is 1. The minimum atomic E-state index is -0.441. The largest absolute Gasteiger partial charge is 0.488 e. The summed E-state index contributed by atoms with van der Waals surface area (Å²) in [6.45, 7) is 0.267. The number of nitro groups is 1. The highest BCUT2D eigenvalue weighted by atomic mass is 32.2. The fraction of sp³-hybridized carbons (Fsp3) is 0.118. The van der Waals surface area contributed by atoms with Gasteiger partial charge in [-0.15, -0.1) is 5.10 Å². The van der Waals surface area contributed by atoms with Crippen LogP contribution in [0.2, 0.25) is 0 Å². The van der Waals surface area contributed by atoms with Crippen LogP contribution in [0.1, 0.15) is 11.1 Å². The Balaban J connectivity index is 1.65. The predicted octanol–water partition coefficient (Wildman–Crippen LogP) is 2.73. The van der Waals surface area contributed by atoms with Crippen LogP contribution in [0.5, 0.6) is 5.75 Å². The van der Waals surface area contributed by atoms with Crippen LogP contribution in [-0.2, 0) is 11.4 Å². The third-order valence-corrected chi connectivity index (χ3v) is 4.26. The molecule has 3 rings (SSSR count). The molecule has 1 saturated heterocycles. The zero-order chi connectivity index (χ0) is 18.4. The minimum absolute atomic E-state index is 0.0391. The highest BCUT2D eigenvalue weighted by molar-refractivity contribution is 8.15. The molecule has 0 radical (unpaired) electrons. The van der Waals surface area contributed by atoms with Gasteiger partial charge in [0.25, 0.3) is 5.69 Å². The Labute approximate surface area is 153 Å². The van der Waals surface area contributed by atoms with E-state index in [2.05, 4.69) is 15.5 Å². The highest BCUT2D eigenvalue weighted by Crippen LogP contribution is 2.19. The lowest BCUT2D eigenvalue weighted by molar-refractivity contribution is -0.384. The summed E-state index contributed by atoms with van der Waals surface area (Å²) in [5, 5.41) is 21.7. The van der Waals surface area contributed by atoms with Crippen molar-refractivity contribution in [3.8, 4) is 5.75 Å². The number of benzene rings is 2. The Hall–Kier alpha value is -3.20. The summed E-state index contributed by atoms with van der Waals surface area (Å²) in [6.07, 6.45) is 1.54. The number of thioether (sulfide) groups is 1. The van der Waals surface area contributed by atoms with Crippen LogP contribution in [0.4, 0.5) is 5.69 Å². The van der Waals surface area contributed by atoms with Gasteiger partial charge in [0.2, 0.25) is 5.91 Å². The second kappa shape index (κ2) is 8.26. The van der Waals surface area contributed by atoms with Gasteiger partial charge in [0.1, 0.15) is 12.4 Å². The fourth-order valence-corrected chi connectivity index (χ4v) is 2.75. The number of amidine groups is 1. The molecular formula is C17H14N4O4S. The van der Waals surface area contributed by atoms with E-state index in [1.165, 1.54) is 23.9 Å². The molecule has 1 amide bonds. The summed E-state index contributed by atoms with van der Waals surface area (Å²) < 4.78 is 5.78. The molecule has 0 aromatic heterocycles. The molecule has 1 fully saturated rings.